The summed E-state index contributed by atoms with van der Waals surface area (Å²) >= 11 is 6.17. The number of amides is 1. The Hall–Kier alpha value is -0.810. The minimum absolute atomic E-state index is 0. The number of piperidine rings is 1. The Morgan fingerprint density at radius 1 is 1.38 bits per heavy atom. The zero-order chi connectivity index (χ0) is 16.3. The quantitative estimate of drug-likeness (QED) is 0.857. The van der Waals surface area contributed by atoms with Crippen LogP contribution in [0.3, 0.4) is 0 Å². The number of hydrogen-bond acceptors (Lipinski definition) is 3. The van der Waals surface area contributed by atoms with Crippen LogP contribution in [0.4, 0.5) is 0 Å². The summed E-state index contributed by atoms with van der Waals surface area (Å²) in [6.07, 6.45) is 2.39. The van der Waals surface area contributed by atoms with Gasteiger partial charge in [-0.1, -0.05) is 30.7 Å². The largest absolute Gasteiger partial charge is 0.381 e. The van der Waals surface area contributed by atoms with Crippen LogP contribution in [0.5, 0.6) is 0 Å². The summed E-state index contributed by atoms with van der Waals surface area (Å²) in [5.74, 6) is 0.575. The van der Waals surface area contributed by atoms with Crippen molar-refractivity contribution in [3.8, 4) is 0 Å². The third-order valence-corrected chi connectivity index (χ3v) is 5.50. The highest BCUT2D eigenvalue weighted by atomic mass is 35.5. The van der Waals surface area contributed by atoms with Crippen molar-refractivity contribution in [2.45, 2.75) is 37.6 Å². The van der Waals surface area contributed by atoms with Gasteiger partial charge >= 0.3 is 0 Å². The number of hydrogen-bond donors (Lipinski definition) is 2. The van der Waals surface area contributed by atoms with E-state index >= 15 is 0 Å². The molecule has 0 spiro atoms. The number of benzene rings is 1. The van der Waals surface area contributed by atoms with Crippen molar-refractivity contribution in [3.05, 3.63) is 34.9 Å². The van der Waals surface area contributed by atoms with Crippen LogP contribution in [0, 0.1) is 5.92 Å². The highest BCUT2D eigenvalue weighted by Gasteiger charge is 2.43. The lowest BCUT2D eigenvalue weighted by Gasteiger charge is -2.39. The first-order valence-corrected chi connectivity index (χ1v) is 8.85. The van der Waals surface area contributed by atoms with Crippen molar-refractivity contribution < 1.29 is 9.53 Å². The van der Waals surface area contributed by atoms with Crippen LogP contribution in [-0.4, -0.2) is 38.3 Å². The SMILES string of the molecule is CC1CNCCC1NC(=O)C1(c2cccc(Cl)c2)CCOCC1.Cl. The standard InChI is InChI=1S/C18H25ClN2O2.ClH/c1-13-12-20-8-5-16(13)21-17(22)18(6-9-23-10-7-18)14-3-2-4-15(19)11-14;/h2-4,11,13,16,20H,5-10,12H2,1H3,(H,21,22);1H. The van der Waals surface area contributed by atoms with Gasteiger partial charge in [-0.3, -0.25) is 4.79 Å². The van der Waals surface area contributed by atoms with E-state index in [2.05, 4.69) is 17.6 Å². The molecular weight excluding hydrogens is 347 g/mol. The van der Waals surface area contributed by atoms with Gasteiger partial charge in [-0.05, 0) is 56.0 Å². The molecule has 3 rings (SSSR count). The lowest BCUT2D eigenvalue weighted by atomic mass is 9.73. The molecule has 6 heteroatoms. The van der Waals surface area contributed by atoms with Crippen LogP contribution in [-0.2, 0) is 14.9 Å². The van der Waals surface area contributed by atoms with Crippen LogP contribution in [0.2, 0.25) is 5.02 Å². The van der Waals surface area contributed by atoms with Crippen molar-refractivity contribution in [2.75, 3.05) is 26.3 Å². The highest BCUT2D eigenvalue weighted by molar-refractivity contribution is 6.30. The van der Waals surface area contributed by atoms with Crippen molar-refractivity contribution in [1.29, 1.82) is 0 Å². The van der Waals surface area contributed by atoms with Gasteiger partial charge in [-0.25, -0.2) is 0 Å². The van der Waals surface area contributed by atoms with Gasteiger partial charge in [0.2, 0.25) is 5.91 Å². The zero-order valence-electron chi connectivity index (χ0n) is 14.0. The fourth-order valence-corrected chi connectivity index (χ4v) is 3.88. The molecule has 134 valence electrons. The Labute approximate surface area is 155 Å². The predicted molar refractivity (Wildman–Crippen MR) is 99.0 cm³/mol. The summed E-state index contributed by atoms with van der Waals surface area (Å²) in [7, 11) is 0. The van der Waals surface area contributed by atoms with Gasteiger partial charge in [0.05, 0.1) is 5.41 Å². The molecule has 2 unspecified atom stereocenters. The number of ether oxygens (including phenoxy) is 1. The van der Waals surface area contributed by atoms with Crippen LogP contribution in [0.1, 0.15) is 31.7 Å². The van der Waals surface area contributed by atoms with E-state index in [0.717, 1.165) is 25.1 Å². The number of carbonyl (C=O) groups is 1. The van der Waals surface area contributed by atoms with Gasteiger partial charge in [0.1, 0.15) is 0 Å². The van der Waals surface area contributed by atoms with E-state index in [4.69, 9.17) is 16.3 Å². The third-order valence-electron chi connectivity index (χ3n) is 5.26. The molecule has 1 amide bonds. The molecule has 24 heavy (non-hydrogen) atoms. The Kier molecular flexibility index (Phi) is 6.93. The van der Waals surface area contributed by atoms with E-state index in [1.807, 2.05) is 24.3 Å². The molecule has 0 bridgehead atoms. The molecule has 0 aliphatic carbocycles. The maximum atomic E-state index is 13.2. The molecule has 2 aliphatic rings. The average molecular weight is 373 g/mol. The second kappa shape index (κ2) is 8.52. The maximum Gasteiger partial charge on any atom is 0.231 e. The van der Waals surface area contributed by atoms with E-state index < -0.39 is 5.41 Å². The van der Waals surface area contributed by atoms with E-state index in [9.17, 15) is 4.79 Å². The van der Waals surface area contributed by atoms with Gasteiger partial charge < -0.3 is 15.4 Å². The average Bonchev–Trinajstić information content (AvgIpc) is 2.57. The van der Waals surface area contributed by atoms with Crippen molar-refractivity contribution in [2.24, 2.45) is 5.92 Å². The van der Waals surface area contributed by atoms with E-state index in [0.29, 0.717) is 37.0 Å². The minimum atomic E-state index is -0.520. The van der Waals surface area contributed by atoms with Crippen LogP contribution in [0.15, 0.2) is 24.3 Å². The number of halogens is 2. The van der Waals surface area contributed by atoms with Crippen LogP contribution < -0.4 is 10.6 Å². The molecule has 2 saturated heterocycles. The summed E-state index contributed by atoms with van der Waals surface area (Å²) in [4.78, 5) is 13.2. The van der Waals surface area contributed by atoms with Crippen molar-refractivity contribution in [3.63, 3.8) is 0 Å². The van der Waals surface area contributed by atoms with E-state index in [1.165, 1.54) is 0 Å². The lowest BCUT2D eigenvalue weighted by molar-refractivity contribution is -0.131. The second-order valence-corrected chi connectivity index (χ2v) is 7.19. The first-order chi connectivity index (χ1) is 11.1. The van der Waals surface area contributed by atoms with Gasteiger partial charge in [0, 0.05) is 24.3 Å². The number of nitrogens with one attached hydrogen (secondary N) is 2. The molecule has 0 radical (unpaired) electrons. The predicted octanol–water partition coefficient (Wildman–Crippen LogP) is 2.92. The van der Waals surface area contributed by atoms with Gasteiger partial charge in [-0.15, -0.1) is 12.4 Å². The molecule has 2 atom stereocenters. The van der Waals surface area contributed by atoms with Crippen molar-refractivity contribution in [1.82, 2.24) is 10.6 Å². The summed E-state index contributed by atoms with van der Waals surface area (Å²) in [6.45, 7) is 5.33. The monoisotopic (exact) mass is 372 g/mol. The Bertz CT molecular complexity index is 562. The highest BCUT2D eigenvalue weighted by Crippen LogP contribution is 2.36. The molecule has 1 aromatic rings. The van der Waals surface area contributed by atoms with Gasteiger partial charge in [0.15, 0.2) is 0 Å². The summed E-state index contributed by atoms with van der Waals surface area (Å²) in [5.41, 5.74) is 0.487. The molecule has 2 N–H and O–H groups in total. The number of carbonyl (C=O) groups excluding carboxylic acids is 1. The van der Waals surface area contributed by atoms with Crippen LogP contribution in [0.25, 0.3) is 0 Å². The van der Waals surface area contributed by atoms with E-state index in [1.54, 1.807) is 0 Å². The van der Waals surface area contributed by atoms with Gasteiger partial charge in [0.25, 0.3) is 0 Å². The lowest BCUT2D eigenvalue weighted by Crippen LogP contribution is -2.55. The van der Waals surface area contributed by atoms with E-state index in [-0.39, 0.29) is 24.4 Å². The molecule has 0 aromatic heterocycles. The topological polar surface area (TPSA) is 50.4 Å². The molecule has 0 saturated carbocycles. The Morgan fingerprint density at radius 3 is 2.79 bits per heavy atom. The molecule has 2 fully saturated rings. The summed E-state index contributed by atoms with van der Waals surface area (Å²) in [5, 5.41) is 7.37. The second-order valence-electron chi connectivity index (χ2n) is 6.75. The molecule has 2 aliphatic heterocycles. The third kappa shape index (κ3) is 4.05. The minimum Gasteiger partial charge on any atom is -0.381 e. The molecule has 2 heterocycles. The van der Waals surface area contributed by atoms with Crippen LogP contribution >= 0.6 is 24.0 Å². The summed E-state index contributed by atoms with van der Waals surface area (Å²) in [6, 6.07) is 7.96. The Balaban J connectivity index is 0.00000208. The van der Waals surface area contributed by atoms with Crippen molar-refractivity contribution >= 4 is 29.9 Å². The zero-order valence-corrected chi connectivity index (χ0v) is 15.6. The molecule has 4 nitrogen and oxygen atoms in total. The fraction of sp³-hybridized carbons (Fsp3) is 0.611. The summed E-state index contributed by atoms with van der Waals surface area (Å²) < 4.78 is 5.51. The maximum absolute atomic E-state index is 13.2. The number of rotatable bonds is 3. The smallest absolute Gasteiger partial charge is 0.231 e. The first-order valence-electron chi connectivity index (χ1n) is 8.47. The molecular formula is C18H26Cl2N2O2. The van der Waals surface area contributed by atoms with Gasteiger partial charge in [-0.2, -0.15) is 0 Å². The first kappa shape index (κ1) is 19.5. The normalized spacial score (nSPS) is 26.2. The molecule has 1 aromatic carbocycles. The Morgan fingerprint density at radius 2 is 2.12 bits per heavy atom. The fourth-order valence-electron chi connectivity index (χ4n) is 3.69.